The number of benzene rings is 1. The topological polar surface area (TPSA) is 66.1 Å². The van der Waals surface area contributed by atoms with Crippen molar-refractivity contribution in [2.24, 2.45) is 5.41 Å². The van der Waals surface area contributed by atoms with Crippen LogP contribution in [-0.4, -0.2) is 33.9 Å². The Morgan fingerprint density at radius 3 is 2.52 bits per heavy atom. The maximum atomic E-state index is 14.5. The first-order valence-electron chi connectivity index (χ1n) is 9.44. The van der Waals surface area contributed by atoms with Gasteiger partial charge in [0.2, 0.25) is 5.91 Å². The van der Waals surface area contributed by atoms with E-state index in [1.54, 1.807) is 18.2 Å². The second-order valence-electron chi connectivity index (χ2n) is 8.35. The molecule has 5 nitrogen and oxygen atoms in total. The Bertz CT molecular complexity index is 931. The predicted molar refractivity (Wildman–Crippen MR) is 99.9 cm³/mol. The minimum absolute atomic E-state index is 0.0231. The molecular weight excluding hydrogens is 345 g/mol. The minimum atomic E-state index is -0.771. The Labute approximate surface area is 157 Å². The van der Waals surface area contributed by atoms with Crippen LogP contribution in [0.25, 0.3) is 0 Å². The number of carbonyl (C=O) groups excluding carboxylic acids is 1. The van der Waals surface area contributed by atoms with Gasteiger partial charge in [0.1, 0.15) is 5.82 Å². The maximum Gasteiger partial charge on any atom is 0.250 e. The molecule has 1 saturated carbocycles. The Morgan fingerprint density at radius 1 is 1.26 bits per heavy atom. The van der Waals surface area contributed by atoms with E-state index in [-0.39, 0.29) is 28.6 Å². The zero-order chi connectivity index (χ0) is 19.2. The number of nitrogens with zero attached hydrogens (tertiary/aromatic N) is 2. The Kier molecular flexibility index (Phi) is 4.17. The summed E-state index contributed by atoms with van der Waals surface area (Å²) in [6.07, 6.45) is 3.61. The van der Waals surface area contributed by atoms with E-state index < -0.39 is 5.41 Å². The van der Waals surface area contributed by atoms with Crippen LogP contribution in [0.5, 0.6) is 0 Å². The van der Waals surface area contributed by atoms with Crippen LogP contribution < -0.4 is 5.56 Å². The van der Waals surface area contributed by atoms with Gasteiger partial charge in [0, 0.05) is 30.6 Å². The molecular formula is C21H24FN3O2. The van der Waals surface area contributed by atoms with Crippen molar-refractivity contribution in [3.8, 4) is 0 Å². The van der Waals surface area contributed by atoms with Crippen molar-refractivity contribution in [1.29, 1.82) is 0 Å². The van der Waals surface area contributed by atoms with Crippen LogP contribution in [0.2, 0.25) is 0 Å². The largest absolute Gasteiger partial charge is 0.342 e. The molecule has 1 atom stereocenters. The number of rotatable bonds is 3. The standard InChI is InChI=1S/C21H24FN3O2/c1-20(2)12-21(20,15-5-3-4-6-16(15)22)19(27)25-9-7-14(8-10-25)17-11-18(26)24-13-23-17/h3-6,11,13-14H,7-10,12H2,1-2H3,(H,23,24,26). The van der Waals surface area contributed by atoms with Gasteiger partial charge in [-0.25, -0.2) is 9.37 Å². The van der Waals surface area contributed by atoms with Gasteiger partial charge in [-0.2, -0.15) is 0 Å². The lowest BCUT2D eigenvalue weighted by molar-refractivity contribution is -0.136. The third-order valence-corrected chi connectivity index (χ3v) is 6.34. The van der Waals surface area contributed by atoms with Gasteiger partial charge in [-0.1, -0.05) is 32.0 Å². The molecule has 2 aromatic rings. The van der Waals surface area contributed by atoms with E-state index in [2.05, 4.69) is 9.97 Å². The van der Waals surface area contributed by atoms with Crippen LogP contribution in [0.4, 0.5) is 4.39 Å². The molecule has 0 bridgehead atoms. The third-order valence-electron chi connectivity index (χ3n) is 6.34. The number of amides is 1. The molecule has 1 amide bonds. The number of H-pyrrole nitrogens is 1. The van der Waals surface area contributed by atoms with Gasteiger partial charge in [0.25, 0.3) is 5.56 Å². The zero-order valence-corrected chi connectivity index (χ0v) is 15.7. The van der Waals surface area contributed by atoms with Gasteiger partial charge in [-0.05, 0) is 30.7 Å². The second kappa shape index (κ2) is 6.29. The Balaban J connectivity index is 1.54. The summed E-state index contributed by atoms with van der Waals surface area (Å²) in [7, 11) is 0. The fourth-order valence-corrected chi connectivity index (χ4v) is 4.62. The van der Waals surface area contributed by atoms with E-state index in [9.17, 15) is 14.0 Å². The summed E-state index contributed by atoms with van der Waals surface area (Å²) in [5, 5.41) is 0. The molecule has 2 aliphatic rings. The molecule has 1 saturated heterocycles. The van der Waals surface area contributed by atoms with Gasteiger partial charge in [-0.15, -0.1) is 0 Å². The fraction of sp³-hybridized carbons (Fsp3) is 0.476. The first kappa shape index (κ1) is 17.9. The molecule has 1 aliphatic carbocycles. The van der Waals surface area contributed by atoms with E-state index in [0.29, 0.717) is 25.1 Å². The molecule has 1 aromatic carbocycles. The highest BCUT2D eigenvalue weighted by atomic mass is 19.1. The number of hydrogen-bond acceptors (Lipinski definition) is 3. The lowest BCUT2D eigenvalue weighted by atomic mass is 9.84. The van der Waals surface area contributed by atoms with Crippen LogP contribution in [0.1, 0.15) is 50.3 Å². The summed E-state index contributed by atoms with van der Waals surface area (Å²) in [6.45, 7) is 5.27. The normalized spacial score (nSPS) is 24.6. The highest BCUT2D eigenvalue weighted by molar-refractivity contribution is 5.93. The molecule has 27 heavy (non-hydrogen) atoms. The van der Waals surface area contributed by atoms with Crippen molar-refractivity contribution in [3.63, 3.8) is 0 Å². The zero-order valence-electron chi connectivity index (χ0n) is 15.7. The van der Waals surface area contributed by atoms with Gasteiger partial charge < -0.3 is 9.88 Å². The smallest absolute Gasteiger partial charge is 0.250 e. The van der Waals surface area contributed by atoms with Crippen LogP contribution in [0.3, 0.4) is 0 Å². The lowest BCUT2D eigenvalue weighted by Gasteiger charge is -2.35. The fourth-order valence-electron chi connectivity index (χ4n) is 4.62. The number of carbonyl (C=O) groups is 1. The predicted octanol–water partition coefficient (Wildman–Crippen LogP) is 2.98. The molecule has 2 heterocycles. The Hall–Kier alpha value is -2.50. The van der Waals surface area contributed by atoms with Gasteiger partial charge in [0.15, 0.2) is 0 Å². The van der Waals surface area contributed by atoms with Gasteiger partial charge in [0.05, 0.1) is 17.4 Å². The van der Waals surface area contributed by atoms with Crippen molar-refractivity contribution in [3.05, 3.63) is 64.1 Å². The van der Waals surface area contributed by atoms with Crippen molar-refractivity contribution >= 4 is 5.91 Å². The van der Waals surface area contributed by atoms with Gasteiger partial charge >= 0.3 is 0 Å². The summed E-state index contributed by atoms with van der Waals surface area (Å²) in [6, 6.07) is 8.17. The van der Waals surface area contributed by atoms with Crippen LogP contribution in [0, 0.1) is 11.2 Å². The number of hydrogen-bond donors (Lipinski definition) is 1. The average molecular weight is 369 g/mol. The highest BCUT2D eigenvalue weighted by Crippen LogP contribution is 2.65. The minimum Gasteiger partial charge on any atom is -0.342 e. The van der Waals surface area contributed by atoms with Crippen molar-refractivity contribution in [1.82, 2.24) is 14.9 Å². The Morgan fingerprint density at radius 2 is 1.93 bits per heavy atom. The van der Waals surface area contributed by atoms with E-state index in [1.807, 2.05) is 18.7 Å². The number of aromatic amines is 1. The first-order chi connectivity index (χ1) is 12.8. The molecule has 0 radical (unpaired) electrons. The average Bonchev–Trinajstić information content (AvgIpc) is 3.25. The summed E-state index contributed by atoms with van der Waals surface area (Å²) in [5.41, 5.74) is 0.113. The number of halogens is 1. The molecule has 1 N–H and O–H groups in total. The van der Waals surface area contributed by atoms with Crippen molar-refractivity contribution in [2.75, 3.05) is 13.1 Å². The monoisotopic (exact) mass is 369 g/mol. The van der Waals surface area contributed by atoms with Crippen molar-refractivity contribution in [2.45, 2.75) is 44.4 Å². The first-order valence-corrected chi connectivity index (χ1v) is 9.44. The number of aromatic nitrogens is 2. The maximum absolute atomic E-state index is 14.5. The van der Waals surface area contributed by atoms with Crippen LogP contribution in [0.15, 0.2) is 41.5 Å². The molecule has 1 unspecified atom stereocenters. The van der Waals surface area contributed by atoms with E-state index in [4.69, 9.17) is 0 Å². The van der Waals surface area contributed by atoms with E-state index in [0.717, 1.165) is 18.5 Å². The number of nitrogens with one attached hydrogen (secondary N) is 1. The highest BCUT2D eigenvalue weighted by Gasteiger charge is 2.68. The molecule has 4 rings (SSSR count). The summed E-state index contributed by atoms with van der Waals surface area (Å²) in [5.74, 6) is -0.109. The molecule has 0 spiro atoms. The van der Waals surface area contributed by atoms with Crippen LogP contribution in [-0.2, 0) is 10.2 Å². The quantitative estimate of drug-likeness (QED) is 0.905. The molecule has 142 valence electrons. The molecule has 1 aromatic heterocycles. The summed E-state index contributed by atoms with van der Waals surface area (Å²) < 4.78 is 14.5. The summed E-state index contributed by atoms with van der Waals surface area (Å²) >= 11 is 0. The molecule has 2 fully saturated rings. The van der Waals surface area contributed by atoms with Gasteiger partial charge in [-0.3, -0.25) is 9.59 Å². The van der Waals surface area contributed by atoms with E-state index >= 15 is 0 Å². The van der Waals surface area contributed by atoms with Crippen LogP contribution >= 0.6 is 0 Å². The molecule has 1 aliphatic heterocycles. The number of piperidine rings is 1. The summed E-state index contributed by atoms with van der Waals surface area (Å²) in [4.78, 5) is 33.6. The second-order valence-corrected chi connectivity index (χ2v) is 8.35. The van der Waals surface area contributed by atoms with E-state index in [1.165, 1.54) is 18.5 Å². The van der Waals surface area contributed by atoms with Crippen molar-refractivity contribution < 1.29 is 9.18 Å². The third kappa shape index (κ3) is 2.87. The SMILES string of the molecule is CC1(C)CC1(C(=O)N1CCC(c2cc(=O)[nH]cn2)CC1)c1ccccc1F. The molecule has 6 heteroatoms. The lowest BCUT2D eigenvalue weighted by Crippen LogP contribution is -2.45. The number of likely N-dealkylation sites (tertiary alicyclic amines) is 1.